The average Bonchev–Trinajstić information content (AvgIpc) is 2.80. The van der Waals surface area contributed by atoms with Gasteiger partial charge in [0.05, 0.1) is 5.60 Å². The number of Topliss-reactive ketones (excluding diaryl/α,β-unsaturated/α-hetero) is 1. The Morgan fingerprint density at radius 3 is 2.22 bits per heavy atom. The minimum Gasteiger partial charge on any atom is -0.389 e. The van der Waals surface area contributed by atoms with Crippen LogP contribution in [-0.2, 0) is 9.59 Å². The van der Waals surface area contributed by atoms with E-state index >= 15 is 8.78 Å². The molecule has 4 rings (SSSR count). The highest BCUT2D eigenvalue weighted by Gasteiger charge is 2.82. The molecule has 3 fully saturated rings. The van der Waals surface area contributed by atoms with Gasteiger partial charge in [0.2, 0.25) is 0 Å². The fraction of sp³-hybridized carbons (Fsp3) is 0.769. The lowest BCUT2D eigenvalue weighted by molar-refractivity contribution is -0.278. The molecule has 3 saturated carbocycles. The van der Waals surface area contributed by atoms with Gasteiger partial charge in [0, 0.05) is 17.3 Å². The van der Waals surface area contributed by atoms with Gasteiger partial charge in [0.25, 0.3) is 0 Å². The Morgan fingerprint density at radius 2 is 1.66 bits per heavy atom. The molecule has 6 heteroatoms. The number of halogens is 2. The van der Waals surface area contributed by atoms with Gasteiger partial charge in [0.1, 0.15) is 12.3 Å². The van der Waals surface area contributed by atoms with Crippen molar-refractivity contribution < 1.29 is 28.6 Å². The number of rotatable bonds is 2. The third-order valence-electron chi connectivity index (χ3n) is 10.1. The fourth-order valence-corrected chi connectivity index (χ4v) is 9.28. The van der Waals surface area contributed by atoms with E-state index in [0.29, 0.717) is 6.42 Å². The molecule has 4 aliphatic carbocycles. The van der Waals surface area contributed by atoms with Crippen molar-refractivity contribution in [3.05, 3.63) is 23.8 Å². The standard InChI is InChI=1S/C26H36F2O4/c1-20(2)13-22(4)18-11-24(6,27)17-10-15(30)8-9-21(17,3)26(18,28)25(7,32)14-23(22,5)19(20)16(31)12-29/h8-10,18-19,29,32H,11-14H2,1-7H3/t18?,19-,21-,22-,23+,24-,25-,26+/m0/s1. The number of hydrogen-bond acceptors (Lipinski definition) is 4. The maximum Gasteiger partial charge on any atom is 0.178 e. The van der Waals surface area contributed by atoms with Crippen LogP contribution in [0.2, 0.25) is 0 Å². The monoisotopic (exact) mass is 450 g/mol. The second kappa shape index (κ2) is 6.18. The summed E-state index contributed by atoms with van der Waals surface area (Å²) in [7, 11) is 0. The van der Waals surface area contributed by atoms with Crippen molar-refractivity contribution in [2.24, 2.45) is 33.5 Å². The molecule has 0 heterocycles. The molecule has 0 amide bonds. The number of carbonyl (C=O) groups is 2. The highest BCUT2D eigenvalue weighted by atomic mass is 19.1. The van der Waals surface area contributed by atoms with Crippen LogP contribution in [0.4, 0.5) is 8.78 Å². The lowest BCUT2D eigenvalue weighted by Gasteiger charge is -2.70. The number of allylic oxidation sites excluding steroid dienone is 4. The van der Waals surface area contributed by atoms with Crippen molar-refractivity contribution in [3.63, 3.8) is 0 Å². The van der Waals surface area contributed by atoms with Crippen LogP contribution in [0, 0.1) is 33.5 Å². The quantitative estimate of drug-likeness (QED) is 0.658. The lowest BCUT2D eigenvalue weighted by Crippen LogP contribution is -2.76. The first-order valence-electron chi connectivity index (χ1n) is 11.5. The van der Waals surface area contributed by atoms with Crippen LogP contribution in [0.1, 0.15) is 67.7 Å². The third-order valence-corrected chi connectivity index (χ3v) is 10.1. The molecule has 0 aromatic heterocycles. The molecule has 0 bridgehead atoms. The molecule has 0 aromatic rings. The summed E-state index contributed by atoms with van der Waals surface area (Å²) >= 11 is 0. The largest absolute Gasteiger partial charge is 0.389 e. The van der Waals surface area contributed by atoms with Gasteiger partial charge in [-0.25, -0.2) is 8.78 Å². The summed E-state index contributed by atoms with van der Waals surface area (Å²) in [5, 5.41) is 21.6. The normalized spacial score (nSPS) is 53.8. The second-order valence-electron chi connectivity index (χ2n) is 12.7. The molecule has 1 unspecified atom stereocenters. The van der Waals surface area contributed by atoms with E-state index in [9.17, 15) is 19.8 Å². The van der Waals surface area contributed by atoms with Crippen molar-refractivity contribution in [1.29, 1.82) is 0 Å². The summed E-state index contributed by atoms with van der Waals surface area (Å²) in [6, 6.07) is 0. The summed E-state index contributed by atoms with van der Waals surface area (Å²) in [5.41, 5.74) is -9.76. The summed E-state index contributed by atoms with van der Waals surface area (Å²) in [6.07, 6.45) is 4.17. The van der Waals surface area contributed by atoms with E-state index in [1.165, 1.54) is 32.1 Å². The Balaban J connectivity index is 2.01. The van der Waals surface area contributed by atoms with E-state index in [2.05, 4.69) is 0 Å². The smallest absolute Gasteiger partial charge is 0.178 e. The lowest BCUT2D eigenvalue weighted by atomic mass is 9.36. The summed E-state index contributed by atoms with van der Waals surface area (Å²) < 4.78 is 34.0. The minimum absolute atomic E-state index is 0.00298. The van der Waals surface area contributed by atoms with Crippen LogP contribution in [0.3, 0.4) is 0 Å². The SMILES string of the molecule is CC1(C)C[C@@]2(C)C3C[C@](C)(F)C4=CC(=O)C=C[C@]4(C)[C@@]3(F)[C@@](C)(O)C[C@]2(C)[C@H]1C(=O)CO. The van der Waals surface area contributed by atoms with E-state index in [1.54, 1.807) is 6.92 Å². The fourth-order valence-electron chi connectivity index (χ4n) is 9.28. The topological polar surface area (TPSA) is 74.6 Å². The average molecular weight is 451 g/mol. The highest BCUT2D eigenvalue weighted by molar-refractivity contribution is 6.01. The molecule has 0 aliphatic heterocycles. The van der Waals surface area contributed by atoms with Crippen LogP contribution in [0.25, 0.3) is 0 Å². The van der Waals surface area contributed by atoms with E-state index in [4.69, 9.17) is 0 Å². The van der Waals surface area contributed by atoms with Crippen molar-refractivity contribution in [1.82, 2.24) is 0 Å². The predicted octanol–water partition coefficient (Wildman–Crippen LogP) is 4.29. The first-order valence-corrected chi connectivity index (χ1v) is 11.5. The molecule has 0 spiro atoms. The van der Waals surface area contributed by atoms with Gasteiger partial charge < -0.3 is 10.2 Å². The number of ketones is 2. The van der Waals surface area contributed by atoms with Crippen molar-refractivity contribution in [3.8, 4) is 0 Å². The Morgan fingerprint density at radius 1 is 1.06 bits per heavy atom. The molecule has 8 atom stereocenters. The molecule has 2 N–H and O–H groups in total. The number of hydrogen-bond donors (Lipinski definition) is 2. The zero-order valence-electron chi connectivity index (χ0n) is 20.2. The van der Waals surface area contributed by atoms with Crippen LogP contribution in [-0.4, -0.2) is 45.3 Å². The number of aliphatic hydroxyl groups is 2. The van der Waals surface area contributed by atoms with E-state index < -0.39 is 57.0 Å². The Bertz CT molecular complexity index is 963. The predicted molar refractivity (Wildman–Crippen MR) is 117 cm³/mol. The summed E-state index contributed by atoms with van der Waals surface area (Å²) in [6.45, 7) is 11.5. The maximum atomic E-state index is 17.7. The van der Waals surface area contributed by atoms with Crippen LogP contribution < -0.4 is 0 Å². The summed E-state index contributed by atoms with van der Waals surface area (Å²) in [4.78, 5) is 25.1. The molecule has 32 heavy (non-hydrogen) atoms. The number of fused-ring (bicyclic) bond motifs is 5. The van der Waals surface area contributed by atoms with E-state index in [-0.39, 0.29) is 30.0 Å². The number of alkyl halides is 2. The Labute approximate surface area is 189 Å². The van der Waals surface area contributed by atoms with Crippen molar-refractivity contribution >= 4 is 11.6 Å². The maximum absolute atomic E-state index is 17.7. The van der Waals surface area contributed by atoms with Crippen LogP contribution in [0.15, 0.2) is 23.8 Å². The minimum atomic E-state index is -2.25. The molecule has 4 aliphatic rings. The molecule has 178 valence electrons. The van der Waals surface area contributed by atoms with Crippen molar-refractivity contribution in [2.75, 3.05) is 6.61 Å². The molecule has 0 saturated heterocycles. The highest BCUT2D eigenvalue weighted by Crippen LogP contribution is 2.79. The second-order valence-corrected chi connectivity index (χ2v) is 12.7. The van der Waals surface area contributed by atoms with Gasteiger partial charge >= 0.3 is 0 Å². The van der Waals surface area contributed by atoms with Gasteiger partial charge in [-0.2, -0.15) is 0 Å². The number of carbonyl (C=O) groups excluding carboxylic acids is 2. The van der Waals surface area contributed by atoms with E-state index in [1.807, 2.05) is 27.7 Å². The van der Waals surface area contributed by atoms with Crippen LogP contribution >= 0.6 is 0 Å². The van der Waals surface area contributed by atoms with Gasteiger partial charge in [-0.3, -0.25) is 9.59 Å². The molecule has 0 radical (unpaired) electrons. The molecular weight excluding hydrogens is 414 g/mol. The van der Waals surface area contributed by atoms with E-state index in [0.717, 1.165) is 0 Å². The van der Waals surface area contributed by atoms with Gasteiger partial charge in [0.15, 0.2) is 17.2 Å². The Hall–Kier alpha value is -1.40. The molecular formula is C26H36F2O4. The molecule has 0 aromatic carbocycles. The van der Waals surface area contributed by atoms with Gasteiger partial charge in [-0.05, 0) is 74.0 Å². The Kier molecular flexibility index (Phi) is 4.59. The van der Waals surface area contributed by atoms with Gasteiger partial charge in [-0.15, -0.1) is 0 Å². The van der Waals surface area contributed by atoms with Crippen molar-refractivity contribution in [2.45, 2.75) is 84.7 Å². The van der Waals surface area contributed by atoms with Gasteiger partial charge in [-0.1, -0.05) is 33.8 Å². The number of aliphatic hydroxyl groups excluding tert-OH is 1. The summed E-state index contributed by atoms with van der Waals surface area (Å²) in [5.74, 6) is -2.21. The van der Waals surface area contributed by atoms with Crippen LogP contribution in [0.5, 0.6) is 0 Å². The zero-order chi connectivity index (χ0) is 24.3. The first-order chi connectivity index (χ1) is 14.3. The molecule has 4 nitrogen and oxygen atoms in total. The zero-order valence-corrected chi connectivity index (χ0v) is 20.2. The first kappa shape index (κ1) is 23.7. The third kappa shape index (κ3) is 2.43.